The van der Waals surface area contributed by atoms with E-state index < -0.39 is 17.3 Å². The van der Waals surface area contributed by atoms with Crippen molar-refractivity contribution in [2.24, 2.45) is 0 Å². The number of hydrogen-bond acceptors (Lipinski definition) is 4. The van der Waals surface area contributed by atoms with Crippen molar-refractivity contribution >= 4 is 5.78 Å². The highest BCUT2D eigenvalue weighted by Gasteiger charge is 2.16. The van der Waals surface area contributed by atoms with E-state index in [0.717, 1.165) is 12.1 Å². The summed E-state index contributed by atoms with van der Waals surface area (Å²) >= 11 is 0. The van der Waals surface area contributed by atoms with Crippen LogP contribution in [0.5, 0.6) is 17.2 Å². The fourth-order valence-electron chi connectivity index (χ4n) is 1.49. The number of phenols is 3. The van der Waals surface area contributed by atoms with E-state index in [1.165, 1.54) is 0 Å². The Kier molecular flexibility index (Phi) is 2.70. The zero-order valence-electron chi connectivity index (χ0n) is 8.79. The molecule has 0 saturated carbocycles. The molecule has 86 valence electrons. The average Bonchev–Trinajstić information content (AvgIpc) is 2.34. The zero-order chi connectivity index (χ0) is 12.4. The maximum absolute atomic E-state index is 12.0. The first-order valence-electron chi connectivity index (χ1n) is 4.94. The highest BCUT2D eigenvalue weighted by Crippen LogP contribution is 2.33. The number of hydrogen-bond donors (Lipinski definition) is 3. The first-order valence-corrected chi connectivity index (χ1v) is 4.94. The highest BCUT2D eigenvalue weighted by atomic mass is 16.3. The van der Waals surface area contributed by atoms with Gasteiger partial charge in [-0.25, -0.2) is 0 Å². The van der Waals surface area contributed by atoms with Gasteiger partial charge in [0, 0.05) is 11.6 Å². The van der Waals surface area contributed by atoms with E-state index in [1.807, 2.05) is 0 Å². The van der Waals surface area contributed by atoms with Crippen molar-refractivity contribution in [3.63, 3.8) is 0 Å². The van der Waals surface area contributed by atoms with Crippen molar-refractivity contribution < 1.29 is 20.1 Å². The molecular weight excluding hydrogens is 220 g/mol. The Morgan fingerprint density at radius 3 is 2.06 bits per heavy atom. The molecule has 0 aliphatic rings. The lowest BCUT2D eigenvalue weighted by Gasteiger charge is -2.06. The monoisotopic (exact) mass is 230 g/mol. The molecule has 4 nitrogen and oxygen atoms in total. The molecule has 0 aliphatic heterocycles. The number of benzene rings is 2. The van der Waals surface area contributed by atoms with Gasteiger partial charge < -0.3 is 15.3 Å². The van der Waals surface area contributed by atoms with Crippen LogP contribution < -0.4 is 0 Å². The third kappa shape index (κ3) is 2.06. The van der Waals surface area contributed by atoms with Crippen molar-refractivity contribution in [2.45, 2.75) is 0 Å². The van der Waals surface area contributed by atoms with Crippen molar-refractivity contribution in [1.82, 2.24) is 0 Å². The fraction of sp³-hybridized carbons (Fsp3) is 0. The van der Waals surface area contributed by atoms with Gasteiger partial charge in [-0.3, -0.25) is 4.79 Å². The second kappa shape index (κ2) is 4.17. The molecule has 0 saturated heterocycles. The molecule has 0 spiro atoms. The lowest BCUT2D eigenvalue weighted by atomic mass is 10.0. The average molecular weight is 230 g/mol. The van der Waals surface area contributed by atoms with Crippen LogP contribution >= 0.6 is 0 Å². The molecule has 2 aromatic carbocycles. The summed E-state index contributed by atoms with van der Waals surface area (Å²) in [7, 11) is 0. The molecule has 0 aromatic heterocycles. The van der Waals surface area contributed by atoms with Gasteiger partial charge in [-0.1, -0.05) is 30.3 Å². The van der Waals surface area contributed by atoms with Gasteiger partial charge in [0.25, 0.3) is 0 Å². The Morgan fingerprint density at radius 1 is 0.824 bits per heavy atom. The normalized spacial score (nSPS) is 10.1. The summed E-state index contributed by atoms with van der Waals surface area (Å²) in [5.74, 6) is -1.69. The number of carbonyl (C=O) groups is 1. The largest absolute Gasteiger partial charge is 0.507 e. The van der Waals surface area contributed by atoms with Gasteiger partial charge in [-0.15, -0.1) is 0 Å². The maximum Gasteiger partial charge on any atom is 0.196 e. The summed E-state index contributed by atoms with van der Waals surface area (Å²) in [5, 5.41) is 28.0. The van der Waals surface area contributed by atoms with Crippen LogP contribution in [0.25, 0.3) is 0 Å². The SMILES string of the molecule is O=C(c1ccccc1)c1cc(O)c(O)cc1O. The van der Waals surface area contributed by atoms with E-state index in [0.29, 0.717) is 5.56 Å². The van der Waals surface area contributed by atoms with Gasteiger partial charge in [0.05, 0.1) is 5.56 Å². The van der Waals surface area contributed by atoms with Crippen molar-refractivity contribution in [2.75, 3.05) is 0 Å². The van der Waals surface area contributed by atoms with Crippen LogP contribution in [0.15, 0.2) is 42.5 Å². The number of rotatable bonds is 2. The van der Waals surface area contributed by atoms with E-state index in [2.05, 4.69) is 0 Å². The van der Waals surface area contributed by atoms with E-state index in [1.54, 1.807) is 30.3 Å². The molecule has 0 atom stereocenters. The van der Waals surface area contributed by atoms with Gasteiger partial charge >= 0.3 is 0 Å². The van der Waals surface area contributed by atoms with Crippen LogP contribution in [-0.2, 0) is 0 Å². The minimum absolute atomic E-state index is 0.0495. The topological polar surface area (TPSA) is 77.8 Å². The van der Waals surface area contributed by atoms with E-state index in [-0.39, 0.29) is 11.3 Å². The van der Waals surface area contributed by atoms with Gasteiger partial charge in [0.15, 0.2) is 17.3 Å². The zero-order valence-corrected chi connectivity index (χ0v) is 8.79. The third-order valence-electron chi connectivity index (χ3n) is 2.37. The van der Waals surface area contributed by atoms with Crippen molar-refractivity contribution in [3.8, 4) is 17.2 Å². The minimum Gasteiger partial charge on any atom is -0.507 e. The Morgan fingerprint density at radius 2 is 1.41 bits per heavy atom. The molecule has 0 radical (unpaired) electrons. The van der Waals surface area contributed by atoms with Gasteiger partial charge in [-0.2, -0.15) is 0 Å². The van der Waals surface area contributed by atoms with Crippen LogP contribution in [0.2, 0.25) is 0 Å². The predicted molar refractivity (Wildman–Crippen MR) is 61.3 cm³/mol. The first kappa shape index (κ1) is 11.0. The molecule has 0 amide bonds. The molecule has 0 bridgehead atoms. The molecule has 0 fully saturated rings. The van der Waals surface area contributed by atoms with Crippen LogP contribution in [0.4, 0.5) is 0 Å². The maximum atomic E-state index is 12.0. The Bertz CT molecular complexity index is 561. The minimum atomic E-state index is -0.466. The van der Waals surface area contributed by atoms with Crippen LogP contribution in [0.1, 0.15) is 15.9 Å². The molecule has 0 heterocycles. The molecule has 4 heteroatoms. The van der Waals surface area contributed by atoms with Crippen molar-refractivity contribution in [1.29, 1.82) is 0 Å². The molecule has 3 N–H and O–H groups in total. The van der Waals surface area contributed by atoms with Crippen LogP contribution in [0, 0.1) is 0 Å². The Labute approximate surface area is 97.4 Å². The first-order chi connectivity index (χ1) is 8.09. The summed E-state index contributed by atoms with van der Waals surface area (Å²) in [6, 6.07) is 10.4. The third-order valence-corrected chi connectivity index (χ3v) is 2.37. The molecule has 0 unspecified atom stereocenters. The Hall–Kier alpha value is -2.49. The van der Waals surface area contributed by atoms with Gasteiger partial charge in [0.1, 0.15) is 5.75 Å². The van der Waals surface area contributed by atoms with E-state index in [4.69, 9.17) is 5.11 Å². The van der Waals surface area contributed by atoms with Crippen LogP contribution in [-0.4, -0.2) is 21.1 Å². The number of ketones is 1. The Balaban J connectivity index is 2.48. The summed E-state index contributed by atoms with van der Waals surface area (Å²) in [6.45, 7) is 0. The van der Waals surface area contributed by atoms with Gasteiger partial charge in [0.2, 0.25) is 0 Å². The highest BCUT2D eigenvalue weighted by molar-refractivity contribution is 6.11. The van der Waals surface area contributed by atoms with E-state index in [9.17, 15) is 15.0 Å². The lowest BCUT2D eigenvalue weighted by Crippen LogP contribution is -2.01. The molecule has 0 aliphatic carbocycles. The predicted octanol–water partition coefficient (Wildman–Crippen LogP) is 2.03. The summed E-state index contributed by atoms with van der Waals surface area (Å²) in [6.07, 6.45) is 0. The number of carbonyl (C=O) groups excluding carboxylic acids is 1. The molecule has 17 heavy (non-hydrogen) atoms. The smallest absolute Gasteiger partial charge is 0.196 e. The molecule has 2 rings (SSSR count). The van der Waals surface area contributed by atoms with Crippen molar-refractivity contribution in [3.05, 3.63) is 53.6 Å². The second-order valence-electron chi connectivity index (χ2n) is 3.55. The summed E-state index contributed by atoms with van der Waals surface area (Å²) in [5.41, 5.74) is 0.347. The number of aromatic hydroxyl groups is 3. The standard InChI is InChI=1S/C13H10O4/c14-10-7-12(16)11(15)6-9(10)13(17)8-4-2-1-3-5-8/h1-7,14-16H. The number of phenolic OH excluding ortho intramolecular Hbond substituents is 3. The van der Waals surface area contributed by atoms with Gasteiger partial charge in [-0.05, 0) is 6.07 Å². The summed E-state index contributed by atoms with van der Waals surface area (Å²) < 4.78 is 0. The lowest BCUT2D eigenvalue weighted by molar-refractivity contribution is 0.103. The van der Waals surface area contributed by atoms with Crippen LogP contribution in [0.3, 0.4) is 0 Å². The van der Waals surface area contributed by atoms with E-state index >= 15 is 0 Å². The molecule has 2 aromatic rings. The fourth-order valence-corrected chi connectivity index (χ4v) is 1.49. The summed E-state index contributed by atoms with van der Waals surface area (Å²) in [4.78, 5) is 12.0. The molecular formula is C13H10O4. The second-order valence-corrected chi connectivity index (χ2v) is 3.55. The quantitative estimate of drug-likeness (QED) is 0.419.